The van der Waals surface area contributed by atoms with E-state index < -0.39 is 20.0 Å². The molecule has 454 valence electrons. The predicted molar refractivity (Wildman–Crippen MR) is 335 cm³/mol. The number of esters is 1. The van der Waals surface area contributed by atoms with Gasteiger partial charge >= 0.3 is 5.97 Å². The van der Waals surface area contributed by atoms with Crippen LogP contribution in [0.5, 0.6) is 0 Å². The minimum atomic E-state index is -4.70. The minimum Gasteiger partial charge on any atom is -0.756 e. The highest BCUT2D eigenvalue weighted by Gasteiger charge is 2.27. The van der Waals surface area contributed by atoms with E-state index in [2.05, 4.69) is 86.8 Å². The zero-order valence-corrected chi connectivity index (χ0v) is 52.8. The Morgan fingerprint density at radius 2 is 0.821 bits per heavy atom. The Bertz CT molecular complexity index is 1570. The van der Waals surface area contributed by atoms with Gasteiger partial charge in [0.1, 0.15) is 19.3 Å². The maximum absolute atomic E-state index is 13.6. The normalized spacial score (nSPS) is 14.1. The van der Waals surface area contributed by atoms with Crippen LogP contribution < -0.4 is 10.2 Å². The van der Waals surface area contributed by atoms with Crippen molar-refractivity contribution >= 4 is 19.7 Å². The van der Waals surface area contributed by atoms with Crippen molar-refractivity contribution < 1.29 is 37.3 Å². The molecule has 1 N–H and O–H groups in total. The van der Waals surface area contributed by atoms with E-state index in [1.165, 1.54) is 167 Å². The molecule has 0 aliphatic rings. The van der Waals surface area contributed by atoms with Gasteiger partial charge in [0.2, 0.25) is 5.91 Å². The van der Waals surface area contributed by atoms with Crippen molar-refractivity contribution in [1.29, 1.82) is 0 Å². The number of nitrogens with zero attached hydrogens (tertiary/aromatic N) is 1. The van der Waals surface area contributed by atoms with Gasteiger partial charge in [-0.15, -0.1) is 0 Å². The van der Waals surface area contributed by atoms with Crippen LogP contribution in [0.25, 0.3) is 0 Å². The third-order valence-electron chi connectivity index (χ3n) is 14.4. The number of hydrogen-bond acceptors (Lipinski definition) is 7. The van der Waals surface area contributed by atoms with Crippen LogP contribution in [0.3, 0.4) is 0 Å². The summed E-state index contributed by atoms with van der Waals surface area (Å²) in [5, 5.41) is 3.03. The summed E-state index contributed by atoms with van der Waals surface area (Å²) in [5.41, 5.74) is 0. The lowest BCUT2D eigenvalue weighted by Gasteiger charge is -2.30. The number of unbranched alkanes of at least 4 members (excludes halogenated alkanes) is 33. The first kappa shape index (κ1) is 75.5. The number of rotatable bonds is 59. The molecule has 0 spiro atoms. The third kappa shape index (κ3) is 58.1. The molecule has 0 fully saturated rings. The lowest BCUT2D eigenvalue weighted by molar-refractivity contribution is -0.870. The van der Waals surface area contributed by atoms with E-state index in [0.29, 0.717) is 17.4 Å². The van der Waals surface area contributed by atoms with E-state index in [9.17, 15) is 19.0 Å². The van der Waals surface area contributed by atoms with Crippen molar-refractivity contribution in [3.63, 3.8) is 0 Å². The summed E-state index contributed by atoms with van der Waals surface area (Å²) in [4.78, 5) is 40.0. The van der Waals surface area contributed by atoms with Crippen LogP contribution in [-0.4, -0.2) is 69.4 Å². The van der Waals surface area contributed by atoms with Crippen molar-refractivity contribution in [3.8, 4) is 0 Å². The molecule has 0 aromatic carbocycles. The number of nitrogens with one attached hydrogen (secondary N) is 1. The lowest BCUT2D eigenvalue weighted by atomic mass is 10.0. The van der Waals surface area contributed by atoms with Gasteiger partial charge in [-0.05, 0) is 76.7 Å². The second-order valence-corrected chi connectivity index (χ2v) is 24.7. The Labute approximate surface area is 483 Å². The second kappa shape index (κ2) is 57.7. The Kier molecular flexibility index (Phi) is 55.8. The van der Waals surface area contributed by atoms with Crippen LogP contribution in [0, 0.1) is 0 Å². The van der Waals surface area contributed by atoms with Crippen LogP contribution in [0.15, 0.2) is 72.9 Å². The highest BCUT2D eigenvalue weighted by Crippen LogP contribution is 2.38. The Morgan fingerprint density at radius 3 is 1.23 bits per heavy atom. The predicted octanol–water partition coefficient (Wildman–Crippen LogP) is 19.8. The van der Waals surface area contributed by atoms with Gasteiger partial charge in [0.15, 0.2) is 0 Å². The molecule has 10 heteroatoms. The van der Waals surface area contributed by atoms with Gasteiger partial charge in [-0.3, -0.25) is 14.2 Å². The average molecular weight is 1110 g/mol. The van der Waals surface area contributed by atoms with Crippen molar-refractivity contribution in [2.75, 3.05) is 40.9 Å². The van der Waals surface area contributed by atoms with Gasteiger partial charge in [-0.2, -0.15) is 0 Å². The number of phosphoric acid groups is 1. The fourth-order valence-electron chi connectivity index (χ4n) is 9.37. The number of quaternary nitrogens is 1. The Morgan fingerprint density at radius 1 is 0.462 bits per heavy atom. The van der Waals surface area contributed by atoms with Gasteiger partial charge in [0, 0.05) is 12.8 Å². The molecule has 1 amide bonds. The topological polar surface area (TPSA) is 114 Å². The third-order valence-corrected chi connectivity index (χ3v) is 15.4. The fourth-order valence-corrected chi connectivity index (χ4v) is 10.1. The van der Waals surface area contributed by atoms with Gasteiger partial charge in [-0.25, -0.2) is 0 Å². The molecule has 0 saturated carbocycles. The van der Waals surface area contributed by atoms with Crippen molar-refractivity contribution in [3.05, 3.63) is 72.9 Å². The first-order valence-corrected chi connectivity index (χ1v) is 34.2. The standard InChI is InChI=1S/C68H125N2O7P/c1-7-10-13-16-19-22-25-28-29-30-31-32-33-34-35-36-37-38-39-40-41-43-45-48-51-54-57-60-67(71)69-65(64-76-78(73,74)75-63-62-70(4,5)6)66(59-56-53-50-47-44-27-24-21-18-15-12-9-3)77-68(72)61-58-55-52-49-46-42-26-23-20-17-14-11-8-2/h10,13,19,22,28-29,31-32,34-35,56,59,65-66H,7-9,11-12,14-18,20-21,23-27,30,33,36-55,57-58,60-64H2,1-6H3,(H-,69,71,73,74)/b13-10-,22-19-,29-28-,32-31-,35-34-,59-56-. The molecule has 3 unspecified atom stereocenters. The molecule has 0 radical (unpaired) electrons. The first-order valence-electron chi connectivity index (χ1n) is 32.7. The van der Waals surface area contributed by atoms with Crippen LogP contribution in [0.1, 0.15) is 297 Å². The highest BCUT2D eigenvalue weighted by atomic mass is 31.2. The lowest BCUT2D eigenvalue weighted by Crippen LogP contribution is -2.47. The van der Waals surface area contributed by atoms with Crippen molar-refractivity contribution in [1.82, 2.24) is 5.32 Å². The molecule has 0 heterocycles. The second-order valence-electron chi connectivity index (χ2n) is 23.2. The maximum atomic E-state index is 13.6. The molecule has 3 atom stereocenters. The summed E-state index contributed by atoms with van der Waals surface area (Å²) in [6.45, 7) is 6.74. The van der Waals surface area contributed by atoms with Crippen molar-refractivity contribution in [2.24, 2.45) is 0 Å². The van der Waals surface area contributed by atoms with E-state index in [0.717, 1.165) is 96.3 Å². The van der Waals surface area contributed by atoms with E-state index in [1.807, 2.05) is 33.3 Å². The molecule has 9 nitrogen and oxygen atoms in total. The van der Waals surface area contributed by atoms with Gasteiger partial charge < -0.3 is 28.5 Å². The number of amides is 1. The molecule has 0 rings (SSSR count). The molecular weight excluding hydrogens is 988 g/mol. The quantitative estimate of drug-likeness (QED) is 0.0212. The monoisotopic (exact) mass is 1110 g/mol. The van der Waals surface area contributed by atoms with E-state index in [1.54, 1.807) is 0 Å². The summed E-state index contributed by atoms with van der Waals surface area (Å²) in [5.74, 6) is -0.537. The number of ether oxygens (including phenoxy) is 1. The average Bonchev–Trinajstić information content (AvgIpc) is 3.40. The van der Waals surface area contributed by atoms with Gasteiger partial charge in [0.05, 0.1) is 33.8 Å². The summed E-state index contributed by atoms with van der Waals surface area (Å²) in [6.07, 6.45) is 74.4. The summed E-state index contributed by atoms with van der Waals surface area (Å²) in [7, 11) is 1.19. The Hall–Kier alpha value is -2.55. The van der Waals surface area contributed by atoms with Crippen LogP contribution in [-0.2, 0) is 27.9 Å². The van der Waals surface area contributed by atoms with Gasteiger partial charge in [-0.1, -0.05) is 280 Å². The number of phosphoric ester groups is 1. The number of allylic oxidation sites excluding steroid dienone is 11. The maximum Gasteiger partial charge on any atom is 0.306 e. The molecular formula is C68H125N2O7P. The zero-order chi connectivity index (χ0) is 57.2. The first-order chi connectivity index (χ1) is 37.9. The summed E-state index contributed by atoms with van der Waals surface area (Å²) in [6, 6.07) is -0.889. The van der Waals surface area contributed by atoms with E-state index >= 15 is 0 Å². The van der Waals surface area contributed by atoms with E-state index in [4.69, 9.17) is 13.8 Å². The number of carbonyl (C=O) groups is 2. The molecule has 0 bridgehead atoms. The van der Waals surface area contributed by atoms with Crippen molar-refractivity contribution in [2.45, 2.75) is 309 Å². The van der Waals surface area contributed by atoms with Crippen LogP contribution >= 0.6 is 7.82 Å². The summed E-state index contributed by atoms with van der Waals surface area (Å²) < 4.78 is 30.3. The van der Waals surface area contributed by atoms with Crippen LogP contribution in [0.2, 0.25) is 0 Å². The molecule has 0 aromatic heterocycles. The fraction of sp³-hybridized carbons (Fsp3) is 0.794. The SMILES string of the molecule is CC/C=C\C/C=C\C/C=C\C/C=C\C/C=C\CCCCCCCCCCCCCC(=O)NC(COP(=O)([O-])OCC[N+](C)(C)C)C(/C=C\CCCCCCCCCCCC)OC(=O)CCCCCCCCCCCCCCC. The van der Waals surface area contributed by atoms with Crippen LogP contribution in [0.4, 0.5) is 0 Å². The number of carbonyl (C=O) groups excluding carboxylic acids is 2. The van der Waals surface area contributed by atoms with E-state index in [-0.39, 0.29) is 31.5 Å². The Balaban J connectivity index is 5.05. The molecule has 0 aliphatic carbocycles. The van der Waals surface area contributed by atoms with Gasteiger partial charge in [0.25, 0.3) is 7.82 Å². The summed E-state index contributed by atoms with van der Waals surface area (Å²) >= 11 is 0. The smallest absolute Gasteiger partial charge is 0.306 e. The highest BCUT2D eigenvalue weighted by molar-refractivity contribution is 7.45. The molecule has 78 heavy (non-hydrogen) atoms. The zero-order valence-electron chi connectivity index (χ0n) is 51.9. The largest absolute Gasteiger partial charge is 0.756 e. The minimum absolute atomic E-state index is 0.0232. The number of likely N-dealkylation sites (N-methyl/N-ethyl adjacent to an activating group) is 1. The molecule has 0 aliphatic heterocycles. The molecule has 0 saturated heterocycles. The number of hydrogen-bond donors (Lipinski definition) is 1. The molecule has 0 aromatic rings.